The largest absolute Gasteiger partial charge is 0.454 e. The Morgan fingerprint density at radius 2 is 1.75 bits per heavy atom. The van der Waals surface area contributed by atoms with Gasteiger partial charge in [0.05, 0.1) is 10.1 Å². The van der Waals surface area contributed by atoms with Crippen molar-refractivity contribution < 1.29 is 22.7 Å². The maximum absolute atomic E-state index is 12.9. The first kappa shape index (κ1) is 23.9. The summed E-state index contributed by atoms with van der Waals surface area (Å²) in [4.78, 5) is 12.9. The summed E-state index contributed by atoms with van der Waals surface area (Å²) in [5.41, 5.74) is 2.07. The van der Waals surface area contributed by atoms with E-state index in [9.17, 15) is 13.2 Å². The minimum atomic E-state index is -3.81. The fourth-order valence-electron chi connectivity index (χ4n) is 3.56. The number of primary sulfonamides is 1. The van der Waals surface area contributed by atoms with Gasteiger partial charge in [0.25, 0.3) is 0 Å². The van der Waals surface area contributed by atoms with Gasteiger partial charge in [0.1, 0.15) is 0 Å². The van der Waals surface area contributed by atoms with E-state index in [2.05, 4.69) is 15.5 Å². The van der Waals surface area contributed by atoms with Crippen molar-refractivity contribution in [2.24, 2.45) is 5.14 Å². The summed E-state index contributed by atoms with van der Waals surface area (Å²) in [6.07, 6.45) is 0. The lowest BCUT2D eigenvalue weighted by molar-refractivity contribution is -0.115. The van der Waals surface area contributed by atoms with E-state index in [4.69, 9.17) is 14.6 Å². The lowest BCUT2D eigenvalue weighted by atomic mass is 10.2. The number of carbonyl (C=O) groups excluding carboxylic acids is 1. The molecule has 1 amide bonds. The number of sulfonamides is 1. The Bertz CT molecular complexity index is 1520. The van der Waals surface area contributed by atoms with Gasteiger partial charge in [0.2, 0.25) is 22.7 Å². The fourth-order valence-corrected chi connectivity index (χ4v) is 4.95. The van der Waals surface area contributed by atoms with Crippen molar-refractivity contribution in [3.63, 3.8) is 0 Å². The molecule has 0 saturated carbocycles. The number of anilines is 1. The van der Waals surface area contributed by atoms with E-state index in [0.717, 1.165) is 11.3 Å². The number of ether oxygens (including phenoxy) is 2. The molecule has 1 aliphatic heterocycles. The van der Waals surface area contributed by atoms with E-state index in [1.54, 1.807) is 6.92 Å². The SMILES string of the molecule is C[C@H](Sc1nnc(-c2ccc3c(c2)OCO3)n1-c1ccccc1)C(=O)Nc1ccc(S(N)(=O)=O)cc1. The van der Waals surface area contributed by atoms with Crippen LogP contribution in [-0.4, -0.2) is 41.1 Å². The normalized spacial score (nSPS) is 13.4. The van der Waals surface area contributed by atoms with E-state index in [-0.39, 0.29) is 17.6 Å². The number of hydrogen-bond donors (Lipinski definition) is 2. The second-order valence-electron chi connectivity index (χ2n) is 7.86. The predicted molar refractivity (Wildman–Crippen MR) is 135 cm³/mol. The van der Waals surface area contributed by atoms with Gasteiger partial charge in [-0.25, -0.2) is 13.6 Å². The summed E-state index contributed by atoms with van der Waals surface area (Å²) in [5, 5.41) is 16.7. The maximum atomic E-state index is 12.9. The van der Waals surface area contributed by atoms with Crippen LogP contribution < -0.4 is 19.9 Å². The number of hydrogen-bond acceptors (Lipinski definition) is 8. The molecule has 2 heterocycles. The molecular formula is C24H21N5O5S2. The number of carbonyl (C=O) groups is 1. The van der Waals surface area contributed by atoms with Gasteiger partial charge in [0, 0.05) is 16.9 Å². The monoisotopic (exact) mass is 523 g/mol. The molecular weight excluding hydrogens is 502 g/mol. The third kappa shape index (κ3) is 4.91. The highest BCUT2D eigenvalue weighted by Gasteiger charge is 2.23. The molecule has 5 rings (SSSR count). The first-order valence-electron chi connectivity index (χ1n) is 10.8. The fraction of sp³-hybridized carbons (Fsp3) is 0.125. The van der Waals surface area contributed by atoms with Gasteiger partial charge in [-0.05, 0) is 61.5 Å². The second kappa shape index (κ2) is 9.64. The summed E-state index contributed by atoms with van der Waals surface area (Å²) >= 11 is 1.25. The Morgan fingerprint density at radius 1 is 1.03 bits per heavy atom. The Hall–Kier alpha value is -3.87. The highest BCUT2D eigenvalue weighted by atomic mass is 32.2. The molecule has 12 heteroatoms. The van der Waals surface area contributed by atoms with Crippen LogP contribution in [0.1, 0.15) is 6.92 Å². The molecule has 184 valence electrons. The molecule has 0 saturated heterocycles. The lowest BCUT2D eigenvalue weighted by Gasteiger charge is -2.14. The van der Waals surface area contributed by atoms with Crippen molar-refractivity contribution in [1.82, 2.24) is 14.8 Å². The molecule has 4 aromatic rings. The average Bonchev–Trinajstić information content (AvgIpc) is 3.51. The molecule has 1 aliphatic rings. The first-order valence-corrected chi connectivity index (χ1v) is 13.2. The highest BCUT2D eigenvalue weighted by Crippen LogP contribution is 2.37. The standard InChI is InChI=1S/C24H21N5O5S2/c1-15(23(30)26-17-8-10-19(11-9-17)36(25,31)32)35-24-28-27-22(29(24)18-5-3-2-4-6-18)16-7-12-20-21(13-16)34-14-33-20/h2-13,15H,14H2,1H3,(H,26,30)(H2,25,31,32)/t15-/m0/s1. The third-order valence-electron chi connectivity index (χ3n) is 5.38. The third-order valence-corrected chi connectivity index (χ3v) is 7.35. The maximum Gasteiger partial charge on any atom is 0.238 e. The van der Waals surface area contributed by atoms with Crippen LogP contribution in [0.3, 0.4) is 0 Å². The summed E-state index contributed by atoms with van der Waals surface area (Å²) in [6, 6.07) is 20.8. The number of nitrogens with one attached hydrogen (secondary N) is 1. The van der Waals surface area contributed by atoms with E-state index < -0.39 is 15.3 Å². The number of thioether (sulfide) groups is 1. The molecule has 36 heavy (non-hydrogen) atoms. The molecule has 1 atom stereocenters. The van der Waals surface area contributed by atoms with Crippen molar-refractivity contribution in [1.29, 1.82) is 0 Å². The average molecular weight is 524 g/mol. The number of nitrogens with zero attached hydrogens (tertiary/aromatic N) is 3. The quantitative estimate of drug-likeness (QED) is 0.351. The number of para-hydroxylation sites is 1. The number of fused-ring (bicyclic) bond motifs is 1. The van der Waals surface area contributed by atoms with Crippen LogP contribution >= 0.6 is 11.8 Å². The van der Waals surface area contributed by atoms with Crippen LogP contribution in [0.15, 0.2) is 82.8 Å². The van der Waals surface area contributed by atoms with Gasteiger partial charge in [-0.2, -0.15) is 0 Å². The van der Waals surface area contributed by atoms with E-state index in [1.165, 1.54) is 36.0 Å². The van der Waals surface area contributed by atoms with Crippen LogP contribution in [-0.2, 0) is 14.8 Å². The first-order chi connectivity index (χ1) is 17.3. The summed E-state index contributed by atoms with van der Waals surface area (Å²) in [7, 11) is -3.81. The smallest absolute Gasteiger partial charge is 0.238 e. The highest BCUT2D eigenvalue weighted by molar-refractivity contribution is 8.00. The molecule has 0 unspecified atom stereocenters. The Balaban J connectivity index is 1.40. The van der Waals surface area contributed by atoms with Gasteiger partial charge < -0.3 is 14.8 Å². The van der Waals surface area contributed by atoms with Crippen molar-refractivity contribution in [2.75, 3.05) is 12.1 Å². The summed E-state index contributed by atoms with van der Waals surface area (Å²) in [6.45, 7) is 1.92. The van der Waals surface area contributed by atoms with Gasteiger partial charge >= 0.3 is 0 Å². The molecule has 0 spiro atoms. The second-order valence-corrected chi connectivity index (χ2v) is 10.7. The zero-order chi connectivity index (χ0) is 25.3. The molecule has 0 fully saturated rings. The number of benzene rings is 3. The van der Waals surface area contributed by atoms with Gasteiger partial charge in [-0.3, -0.25) is 9.36 Å². The Morgan fingerprint density at radius 3 is 2.47 bits per heavy atom. The number of aromatic nitrogens is 3. The van der Waals surface area contributed by atoms with E-state index in [0.29, 0.717) is 28.2 Å². The van der Waals surface area contributed by atoms with Gasteiger partial charge in [-0.15, -0.1) is 10.2 Å². The molecule has 0 aliphatic carbocycles. The van der Waals surface area contributed by atoms with Crippen molar-refractivity contribution in [3.05, 3.63) is 72.8 Å². The summed E-state index contributed by atoms with van der Waals surface area (Å²) in [5.74, 6) is 1.61. The lowest BCUT2D eigenvalue weighted by Crippen LogP contribution is -2.23. The minimum absolute atomic E-state index is 0.0325. The van der Waals surface area contributed by atoms with Crippen LogP contribution in [0.25, 0.3) is 17.1 Å². The Kier molecular flexibility index (Phi) is 6.39. The minimum Gasteiger partial charge on any atom is -0.454 e. The number of amides is 1. The number of nitrogens with two attached hydrogens (primary N) is 1. The van der Waals surface area contributed by atoms with Crippen molar-refractivity contribution in [3.8, 4) is 28.6 Å². The van der Waals surface area contributed by atoms with Crippen LogP contribution in [0.5, 0.6) is 11.5 Å². The zero-order valence-electron chi connectivity index (χ0n) is 19.0. The van der Waals surface area contributed by atoms with Crippen molar-refractivity contribution >= 4 is 33.4 Å². The van der Waals surface area contributed by atoms with Crippen LogP contribution in [0.4, 0.5) is 5.69 Å². The van der Waals surface area contributed by atoms with Gasteiger partial charge in [-0.1, -0.05) is 30.0 Å². The van der Waals surface area contributed by atoms with Crippen LogP contribution in [0.2, 0.25) is 0 Å². The topological polar surface area (TPSA) is 138 Å². The van der Waals surface area contributed by atoms with E-state index in [1.807, 2.05) is 53.1 Å². The van der Waals surface area contributed by atoms with Crippen LogP contribution in [0, 0.1) is 0 Å². The zero-order valence-corrected chi connectivity index (χ0v) is 20.6. The Labute approximate surface area is 211 Å². The van der Waals surface area contributed by atoms with E-state index >= 15 is 0 Å². The van der Waals surface area contributed by atoms with Crippen molar-refractivity contribution in [2.45, 2.75) is 22.2 Å². The molecule has 10 nitrogen and oxygen atoms in total. The predicted octanol–water partition coefficient (Wildman–Crippen LogP) is 3.43. The molecule has 3 aromatic carbocycles. The molecule has 0 bridgehead atoms. The molecule has 0 radical (unpaired) electrons. The molecule has 1 aromatic heterocycles. The molecule has 3 N–H and O–H groups in total. The van der Waals surface area contributed by atoms with Gasteiger partial charge in [0.15, 0.2) is 22.5 Å². The number of rotatable bonds is 7. The summed E-state index contributed by atoms with van der Waals surface area (Å²) < 4.78 is 35.7.